The van der Waals surface area contributed by atoms with E-state index >= 15 is 0 Å². The Balaban J connectivity index is 4.74. The lowest BCUT2D eigenvalue weighted by Crippen LogP contribution is -2.30. The molecule has 0 heterocycles. The number of esters is 3. The van der Waals surface area contributed by atoms with Crippen molar-refractivity contribution in [1.29, 1.82) is 0 Å². The maximum absolute atomic E-state index is 13.1. The molecule has 4 N–H and O–H groups in total. The van der Waals surface area contributed by atoms with Crippen molar-refractivity contribution < 1.29 is 75.8 Å². The predicted molar refractivity (Wildman–Crippen MR) is 463 cm³/mol. The van der Waals surface area contributed by atoms with Crippen molar-refractivity contribution in [3.8, 4) is 0 Å². The third kappa shape index (κ3) is 85.4. The van der Waals surface area contributed by atoms with Crippen molar-refractivity contribution in [2.75, 3.05) is 39.6 Å². The first-order chi connectivity index (χ1) is 54.2. The van der Waals surface area contributed by atoms with Crippen molar-refractivity contribution in [1.82, 2.24) is 0 Å². The molecule has 5 atom stereocenters. The molecule has 0 amide bonds. The Labute approximate surface area is 675 Å². The Hall–Kier alpha value is -5.35. The molecule has 0 saturated carbocycles. The largest absolute Gasteiger partial charge is 0.472 e. The third-order valence-electron chi connectivity index (χ3n) is 17.6. The van der Waals surface area contributed by atoms with E-state index in [2.05, 4.69) is 203 Å². The van der Waals surface area contributed by atoms with Crippen molar-refractivity contribution in [2.45, 2.75) is 347 Å². The van der Waals surface area contributed by atoms with Gasteiger partial charge in [0.15, 0.2) is 6.10 Å². The fourth-order valence-corrected chi connectivity index (χ4v) is 12.7. The van der Waals surface area contributed by atoms with Crippen LogP contribution in [0.15, 0.2) is 182 Å². The first-order valence-electron chi connectivity index (χ1n) is 43.1. The molecule has 0 aliphatic heterocycles. The first-order valence-corrected chi connectivity index (χ1v) is 46.1. The van der Waals surface area contributed by atoms with Crippen LogP contribution in [0.5, 0.6) is 0 Å². The van der Waals surface area contributed by atoms with E-state index in [1.807, 2.05) is 0 Å². The number of phosphoric ester groups is 2. The zero-order valence-electron chi connectivity index (χ0n) is 69.3. The number of rotatable bonds is 80. The molecule has 0 aromatic rings. The summed E-state index contributed by atoms with van der Waals surface area (Å²) in [6.07, 6.45) is 109. The normalized spacial score (nSPS) is 14.8. The van der Waals surface area contributed by atoms with Crippen molar-refractivity contribution in [3.05, 3.63) is 182 Å². The van der Waals surface area contributed by atoms with Gasteiger partial charge in [-0.25, -0.2) is 9.13 Å². The molecule has 5 unspecified atom stereocenters. The Morgan fingerprint density at radius 3 is 0.757 bits per heavy atom. The van der Waals surface area contributed by atoms with Gasteiger partial charge in [0, 0.05) is 19.3 Å². The van der Waals surface area contributed by atoms with Crippen LogP contribution in [0.4, 0.5) is 0 Å². The highest BCUT2D eigenvalue weighted by atomic mass is 31.2. The zero-order chi connectivity index (χ0) is 80.8. The predicted octanol–water partition coefficient (Wildman–Crippen LogP) is 26.1. The molecule has 111 heavy (non-hydrogen) atoms. The molecule has 0 radical (unpaired) electrons. The summed E-state index contributed by atoms with van der Waals surface area (Å²) >= 11 is 0. The van der Waals surface area contributed by atoms with Gasteiger partial charge in [-0.3, -0.25) is 32.5 Å². The minimum absolute atomic E-state index is 0.0894. The van der Waals surface area contributed by atoms with Crippen molar-refractivity contribution >= 4 is 33.6 Å². The van der Waals surface area contributed by atoms with E-state index in [1.165, 1.54) is 77.0 Å². The monoisotopic (exact) mass is 1590 g/mol. The van der Waals surface area contributed by atoms with Gasteiger partial charge in [0.1, 0.15) is 25.4 Å². The number of unbranched alkanes of at least 4 members (excludes halogenated alkanes) is 27. The van der Waals surface area contributed by atoms with Crippen LogP contribution in [0.3, 0.4) is 0 Å². The van der Waals surface area contributed by atoms with E-state index < -0.39 is 91.5 Å². The lowest BCUT2D eigenvalue weighted by Gasteiger charge is -2.21. The molecule has 632 valence electrons. The van der Waals surface area contributed by atoms with Crippen LogP contribution < -0.4 is 0 Å². The maximum atomic E-state index is 13.1. The van der Waals surface area contributed by atoms with Gasteiger partial charge in [-0.2, -0.15) is 0 Å². The Morgan fingerprint density at radius 2 is 0.477 bits per heavy atom. The second kappa shape index (κ2) is 84.1. The number of allylic oxidation sites excluding steroid dienone is 30. The summed E-state index contributed by atoms with van der Waals surface area (Å²) in [7, 11) is -9.82. The van der Waals surface area contributed by atoms with Gasteiger partial charge < -0.3 is 34.2 Å². The Morgan fingerprint density at radius 1 is 0.261 bits per heavy atom. The van der Waals surface area contributed by atoms with Gasteiger partial charge in [-0.1, -0.05) is 331 Å². The van der Waals surface area contributed by atoms with Crippen LogP contribution in [-0.4, -0.2) is 95.9 Å². The number of carbonyl (C=O) groups is 3. The molecule has 18 heteroatoms. The standard InChI is InChI=1S/C93H154O16P2/c1-4-7-10-13-16-19-22-25-28-31-34-37-40-43-46-49-52-55-58-61-64-67-70-73-76-79-91(96)103-82-88(94)83-105-110(99,100)106-84-89(95)85-107-111(101,102)108-87-90(109-93(98)81-78-75-72-69-66-63-60-57-54-51-48-45-42-39-36-33-30-27-24-21-18-15-12-9-6-3)86-104-92(97)80-77-74-71-68-65-62-59-56-53-50-47-44-41-38-35-32-29-26-23-20-17-14-11-8-5-2/h7-8,10-11,16-21,25-30,34-39,43-48,52,55,88-90,94-95H,4-6,9,12-15,22-24,31-33,40-42,49-51,53-54,56-87H2,1-3H3,(H,99,100)(H,101,102)/b10-7-,11-8-,19-16-,20-17-,21-18-,28-25-,29-26-,30-27-,37-34-,38-35-,39-36-,46-43-,47-44-,48-45-,55-52-. The number of aliphatic hydroxyl groups is 2. The molecule has 16 nitrogen and oxygen atoms in total. The number of hydrogen-bond acceptors (Lipinski definition) is 14. The Bertz CT molecular complexity index is 2750. The van der Waals surface area contributed by atoms with Gasteiger partial charge in [-0.15, -0.1) is 0 Å². The fourth-order valence-electron chi connectivity index (χ4n) is 11.1. The molecule has 0 rings (SSSR count). The number of phosphoric acid groups is 2. The summed E-state index contributed by atoms with van der Waals surface area (Å²) in [6, 6.07) is 0. The highest BCUT2D eigenvalue weighted by Gasteiger charge is 2.29. The molecular formula is C93H154O16P2. The molecule has 0 bridgehead atoms. The molecule has 0 saturated heterocycles. The van der Waals surface area contributed by atoms with Gasteiger partial charge in [0.2, 0.25) is 0 Å². The lowest BCUT2D eigenvalue weighted by atomic mass is 10.1. The molecule has 0 aliphatic rings. The summed E-state index contributed by atoms with van der Waals surface area (Å²) in [5.74, 6) is -1.60. The van der Waals surface area contributed by atoms with Crippen molar-refractivity contribution in [3.63, 3.8) is 0 Å². The van der Waals surface area contributed by atoms with Crippen LogP contribution in [0.2, 0.25) is 0 Å². The average Bonchev–Trinajstić information content (AvgIpc) is 0.900. The highest BCUT2D eigenvalue weighted by Crippen LogP contribution is 2.45. The van der Waals surface area contributed by atoms with E-state index in [1.54, 1.807) is 0 Å². The molecule has 0 aromatic heterocycles. The van der Waals surface area contributed by atoms with E-state index in [9.17, 15) is 43.5 Å². The number of aliphatic hydroxyl groups excluding tert-OH is 2. The zero-order valence-corrected chi connectivity index (χ0v) is 71.1. The average molecular weight is 1590 g/mol. The molecule has 0 aliphatic carbocycles. The molecule has 0 spiro atoms. The van der Waals surface area contributed by atoms with Crippen LogP contribution in [0, 0.1) is 0 Å². The van der Waals surface area contributed by atoms with Gasteiger partial charge in [0.25, 0.3) is 0 Å². The summed E-state index contributed by atoms with van der Waals surface area (Å²) in [5.41, 5.74) is 0. The van der Waals surface area contributed by atoms with Gasteiger partial charge >= 0.3 is 33.6 Å². The summed E-state index contributed by atoms with van der Waals surface area (Å²) in [5, 5.41) is 20.7. The minimum atomic E-state index is -4.95. The molecule has 0 aromatic carbocycles. The SMILES string of the molecule is CC/C=C\C/C=C\C/C=C\C/C=C\C/C=C\C/C=C\CCCCCCCCC(=O)OCC(O)COP(=O)(O)OCC(O)COP(=O)(O)OCC(COC(=O)CCCCCCCCCCC/C=C\C/C=C\C/C=C\C/C=C\C/C=C\CC)OC(=O)CCCCCCCCCCC/C=C\C/C=C\C/C=C\C/C=C\CCCCC. The highest BCUT2D eigenvalue weighted by molar-refractivity contribution is 7.47. The third-order valence-corrected chi connectivity index (χ3v) is 19.5. The smallest absolute Gasteiger partial charge is 0.463 e. The molecular weight excluding hydrogens is 1430 g/mol. The number of ether oxygens (including phenoxy) is 3. The Kier molecular flexibility index (Phi) is 80.0. The summed E-state index contributed by atoms with van der Waals surface area (Å²) in [6.45, 7) is 2.41. The first kappa shape index (κ1) is 106. The van der Waals surface area contributed by atoms with E-state index in [4.69, 9.17) is 32.3 Å². The minimum Gasteiger partial charge on any atom is -0.463 e. The summed E-state index contributed by atoms with van der Waals surface area (Å²) in [4.78, 5) is 58.9. The number of hydrogen-bond donors (Lipinski definition) is 4. The van der Waals surface area contributed by atoms with Crippen molar-refractivity contribution in [2.24, 2.45) is 0 Å². The fraction of sp³-hybridized carbons (Fsp3) is 0.645. The molecule has 0 fully saturated rings. The van der Waals surface area contributed by atoms with E-state index in [0.717, 1.165) is 193 Å². The van der Waals surface area contributed by atoms with Crippen LogP contribution in [0.25, 0.3) is 0 Å². The van der Waals surface area contributed by atoms with E-state index in [0.29, 0.717) is 19.3 Å². The van der Waals surface area contributed by atoms with Gasteiger partial charge in [0.05, 0.1) is 26.4 Å². The van der Waals surface area contributed by atoms with E-state index in [-0.39, 0.29) is 19.3 Å². The van der Waals surface area contributed by atoms with Gasteiger partial charge in [-0.05, 0) is 161 Å². The maximum Gasteiger partial charge on any atom is 0.472 e. The topological polar surface area (TPSA) is 231 Å². The second-order valence-electron chi connectivity index (χ2n) is 28.2. The lowest BCUT2D eigenvalue weighted by molar-refractivity contribution is -0.161. The van der Waals surface area contributed by atoms with Crippen LogP contribution in [0.1, 0.15) is 329 Å². The van der Waals surface area contributed by atoms with Crippen LogP contribution >= 0.6 is 15.6 Å². The quantitative estimate of drug-likeness (QED) is 0.0146. The summed E-state index contributed by atoms with van der Waals surface area (Å²) < 4.78 is 61.4. The second-order valence-corrected chi connectivity index (χ2v) is 31.1. The van der Waals surface area contributed by atoms with Crippen LogP contribution in [-0.2, 0) is 55.8 Å². The number of carbonyl (C=O) groups excluding carboxylic acids is 3.